The Hall–Kier alpha value is -0.0400. The van der Waals surface area contributed by atoms with E-state index in [1.807, 2.05) is 0 Å². The third-order valence-corrected chi connectivity index (χ3v) is 2.74. The molecule has 0 aliphatic rings. The molecule has 0 aliphatic carbocycles. The van der Waals surface area contributed by atoms with Crippen LogP contribution < -0.4 is 0 Å². The zero-order valence-electron chi connectivity index (χ0n) is 9.97. The summed E-state index contributed by atoms with van der Waals surface area (Å²) in [5.41, 5.74) is 0. The maximum absolute atomic E-state index is 5.70. The van der Waals surface area contributed by atoms with Gasteiger partial charge < -0.3 is 4.74 Å². The van der Waals surface area contributed by atoms with Crippen LogP contribution in [0.25, 0.3) is 0 Å². The first-order valence-electron chi connectivity index (χ1n) is 5.71. The van der Waals surface area contributed by atoms with Crippen molar-refractivity contribution in [2.75, 3.05) is 6.61 Å². The molecular formula is C12H26O. The molecule has 1 heteroatoms. The Kier molecular flexibility index (Phi) is 7.35. The summed E-state index contributed by atoms with van der Waals surface area (Å²) in [6.07, 6.45) is 4.14. The van der Waals surface area contributed by atoms with Crippen molar-refractivity contribution in [3.8, 4) is 0 Å². The highest BCUT2D eigenvalue weighted by Gasteiger charge is 2.08. The van der Waals surface area contributed by atoms with E-state index in [4.69, 9.17) is 4.74 Å². The average molecular weight is 186 g/mol. The molecule has 0 aromatic rings. The second-order valence-corrected chi connectivity index (χ2v) is 4.41. The average Bonchev–Trinajstić information content (AvgIpc) is 2.13. The van der Waals surface area contributed by atoms with E-state index in [0.29, 0.717) is 12.0 Å². The van der Waals surface area contributed by atoms with Crippen molar-refractivity contribution in [1.82, 2.24) is 0 Å². The van der Waals surface area contributed by atoms with Crippen LogP contribution in [0.3, 0.4) is 0 Å². The van der Waals surface area contributed by atoms with Gasteiger partial charge >= 0.3 is 0 Å². The highest BCUT2D eigenvalue weighted by atomic mass is 16.5. The molecule has 3 atom stereocenters. The van der Waals surface area contributed by atoms with Gasteiger partial charge in [-0.25, -0.2) is 0 Å². The van der Waals surface area contributed by atoms with Gasteiger partial charge in [0.2, 0.25) is 0 Å². The summed E-state index contributed by atoms with van der Waals surface area (Å²) in [7, 11) is 0. The first-order valence-corrected chi connectivity index (χ1v) is 5.71. The lowest BCUT2D eigenvalue weighted by molar-refractivity contribution is 0.0369. The van der Waals surface area contributed by atoms with Gasteiger partial charge in [-0.3, -0.25) is 0 Å². The van der Waals surface area contributed by atoms with Gasteiger partial charge in [-0.05, 0) is 31.6 Å². The Morgan fingerprint density at radius 2 is 1.54 bits per heavy atom. The van der Waals surface area contributed by atoms with E-state index >= 15 is 0 Å². The van der Waals surface area contributed by atoms with Crippen LogP contribution in [0, 0.1) is 11.8 Å². The summed E-state index contributed by atoms with van der Waals surface area (Å²) < 4.78 is 5.70. The first kappa shape index (κ1) is 13.0. The maximum atomic E-state index is 5.70. The van der Waals surface area contributed by atoms with Crippen LogP contribution in [0.15, 0.2) is 0 Å². The quantitative estimate of drug-likeness (QED) is 0.586. The van der Waals surface area contributed by atoms with Crippen molar-refractivity contribution < 1.29 is 4.74 Å². The molecule has 0 bridgehead atoms. The molecule has 0 aromatic heterocycles. The molecule has 0 radical (unpaired) electrons. The Morgan fingerprint density at radius 3 is 2.00 bits per heavy atom. The van der Waals surface area contributed by atoms with E-state index in [-0.39, 0.29) is 0 Å². The lowest BCUT2D eigenvalue weighted by Crippen LogP contribution is -2.15. The van der Waals surface area contributed by atoms with E-state index < -0.39 is 0 Å². The molecule has 2 unspecified atom stereocenters. The topological polar surface area (TPSA) is 9.23 Å². The molecule has 0 saturated carbocycles. The summed E-state index contributed by atoms with van der Waals surface area (Å²) in [4.78, 5) is 0. The largest absolute Gasteiger partial charge is 0.378 e. The van der Waals surface area contributed by atoms with E-state index in [1.165, 1.54) is 12.8 Å². The van der Waals surface area contributed by atoms with Crippen LogP contribution in [0.2, 0.25) is 0 Å². The SMILES string of the molecule is CCC(C)OCC(C)C[C@H](C)CC. The van der Waals surface area contributed by atoms with Gasteiger partial charge in [-0.1, -0.05) is 34.1 Å². The molecule has 0 amide bonds. The number of ether oxygens (including phenoxy) is 1. The molecule has 0 N–H and O–H groups in total. The molecule has 0 spiro atoms. The Labute approximate surface area is 83.9 Å². The molecule has 80 valence electrons. The van der Waals surface area contributed by atoms with Crippen molar-refractivity contribution >= 4 is 0 Å². The van der Waals surface area contributed by atoms with Gasteiger partial charge in [-0.2, -0.15) is 0 Å². The van der Waals surface area contributed by atoms with Crippen LogP contribution in [0.4, 0.5) is 0 Å². The molecule has 13 heavy (non-hydrogen) atoms. The minimum atomic E-state index is 0.430. The predicted molar refractivity (Wildman–Crippen MR) is 58.9 cm³/mol. The lowest BCUT2D eigenvalue weighted by Gasteiger charge is -2.18. The Bertz CT molecular complexity index is 112. The van der Waals surface area contributed by atoms with Crippen LogP contribution in [0.5, 0.6) is 0 Å². The smallest absolute Gasteiger partial charge is 0.0544 e. The summed E-state index contributed by atoms with van der Waals surface area (Å²) in [6, 6.07) is 0. The van der Waals surface area contributed by atoms with Crippen LogP contribution >= 0.6 is 0 Å². The van der Waals surface area contributed by atoms with Crippen molar-refractivity contribution in [1.29, 1.82) is 0 Å². The molecule has 0 fully saturated rings. The van der Waals surface area contributed by atoms with Crippen LogP contribution in [-0.4, -0.2) is 12.7 Å². The number of rotatable bonds is 7. The summed E-state index contributed by atoms with van der Waals surface area (Å²) in [5, 5.41) is 0. The second-order valence-electron chi connectivity index (χ2n) is 4.41. The highest BCUT2D eigenvalue weighted by Crippen LogP contribution is 2.15. The molecule has 0 rings (SSSR count). The van der Waals surface area contributed by atoms with Crippen molar-refractivity contribution in [2.24, 2.45) is 11.8 Å². The summed E-state index contributed by atoms with van der Waals surface area (Å²) in [6.45, 7) is 12.1. The van der Waals surface area contributed by atoms with Gasteiger partial charge in [0.1, 0.15) is 0 Å². The summed E-state index contributed by atoms with van der Waals surface area (Å²) >= 11 is 0. The highest BCUT2D eigenvalue weighted by molar-refractivity contribution is 4.58. The number of hydrogen-bond acceptors (Lipinski definition) is 1. The van der Waals surface area contributed by atoms with Crippen molar-refractivity contribution in [2.45, 2.75) is 60.0 Å². The standard InChI is InChI=1S/C12H26O/c1-6-10(3)8-11(4)9-13-12(5)7-2/h10-12H,6-9H2,1-5H3/t10-,11?,12?/m1/s1. The minimum Gasteiger partial charge on any atom is -0.378 e. The third kappa shape index (κ3) is 7.06. The van der Waals surface area contributed by atoms with Gasteiger partial charge in [0, 0.05) is 6.61 Å². The van der Waals surface area contributed by atoms with Gasteiger partial charge in [-0.15, -0.1) is 0 Å². The normalized spacial score (nSPS) is 18.2. The number of hydrogen-bond donors (Lipinski definition) is 0. The van der Waals surface area contributed by atoms with Crippen LogP contribution in [-0.2, 0) is 4.74 Å². The van der Waals surface area contributed by atoms with E-state index in [1.54, 1.807) is 0 Å². The zero-order chi connectivity index (χ0) is 10.3. The molecular weight excluding hydrogens is 160 g/mol. The zero-order valence-corrected chi connectivity index (χ0v) is 9.97. The van der Waals surface area contributed by atoms with Gasteiger partial charge in [0.15, 0.2) is 0 Å². The minimum absolute atomic E-state index is 0.430. The Balaban J connectivity index is 3.45. The van der Waals surface area contributed by atoms with Crippen molar-refractivity contribution in [3.05, 3.63) is 0 Å². The van der Waals surface area contributed by atoms with E-state index in [9.17, 15) is 0 Å². The molecule has 0 saturated heterocycles. The molecule has 0 aromatic carbocycles. The molecule has 1 nitrogen and oxygen atoms in total. The fourth-order valence-electron chi connectivity index (χ4n) is 1.37. The van der Waals surface area contributed by atoms with Gasteiger partial charge in [0.25, 0.3) is 0 Å². The van der Waals surface area contributed by atoms with E-state index in [0.717, 1.165) is 18.9 Å². The summed E-state index contributed by atoms with van der Waals surface area (Å²) in [5.74, 6) is 1.56. The van der Waals surface area contributed by atoms with E-state index in [2.05, 4.69) is 34.6 Å². The fourth-order valence-corrected chi connectivity index (χ4v) is 1.37. The second kappa shape index (κ2) is 7.37. The predicted octanol–water partition coefficient (Wildman–Crippen LogP) is 3.87. The Morgan fingerprint density at radius 1 is 0.923 bits per heavy atom. The van der Waals surface area contributed by atoms with Crippen LogP contribution in [0.1, 0.15) is 53.9 Å². The monoisotopic (exact) mass is 186 g/mol. The third-order valence-electron chi connectivity index (χ3n) is 2.74. The molecule has 0 heterocycles. The maximum Gasteiger partial charge on any atom is 0.0544 e. The molecule has 0 aliphatic heterocycles. The van der Waals surface area contributed by atoms with Gasteiger partial charge in [0.05, 0.1) is 6.10 Å². The lowest BCUT2D eigenvalue weighted by atomic mass is 9.96. The fraction of sp³-hybridized carbons (Fsp3) is 1.00. The first-order chi connectivity index (χ1) is 6.10. The van der Waals surface area contributed by atoms with Crippen molar-refractivity contribution in [3.63, 3.8) is 0 Å².